The minimum absolute atomic E-state index is 0.134. The fourth-order valence-corrected chi connectivity index (χ4v) is 8.10. The molecule has 0 spiro atoms. The van der Waals surface area contributed by atoms with Crippen molar-refractivity contribution in [3.05, 3.63) is 90.5 Å². The van der Waals surface area contributed by atoms with Gasteiger partial charge in [-0.05, 0) is 41.8 Å². The zero-order chi connectivity index (χ0) is 23.5. The average molecular weight is 482 g/mol. The molecule has 2 unspecified atom stereocenters. The molecule has 1 amide bonds. The Balaban J connectivity index is 1.76. The summed E-state index contributed by atoms with van der Waals surface area (Å²) in [6.45, 7) is 0.499. The summed E-state index contributed by atoms with van der Waals surface area (Å²) in [6.07, 6.45) is 0.429. The van der Waals surface area contributed by atoms with Crippen molar-refractivity contribution in [3.63, 3.8) is 0 Å². The van der Waals surface area contributed by atoms with Crippen LogP contribution in [0, 0.1) is 0 Å². The number of primary amides is 1. The number of carbonyl (C=O) groups excluding carboxylic acids is 1. The van der Waals surface area contributed by atoms with Gasteiger partial charge < -0.3 is 11.5 Å². The van der Waals surface area contributed by atoms with Gasteiger partial charge in [0.05, 0.1) is 4.90 Å². The maximum atomic E-state index is 13.8. The van der Waals surface area contributed by atoms with Gasteiger partial charge in [-0.15, -0.1) is 11.8 Å². The summed E-state index contributed by atoms with van der Waals surface area (Å²) in [4.78, 5) is 11.7. The molecule has 3 aromatic carbocycles. The summed E-state index contributed by atoms with van der Waals surface area (Å²) in [6, 6.07) is 25.9. The first-order valence-corrected chi connectivity index (χ1v) is 13.2. The van der Waals surface area contributed by atoms with Crippen LogP contribution < -0.4 is 11.5 Å². The number of carbonyl (C=O) groups is 1. The summed E-state index contributed by atoms with van der Waals surface area (Å²) >= 11 is 1.29. The second-order valence-corrected chi connectivity index (χ2v) is 11.1. The van der Waals surface area contributed by atoms with Gasteiger partial charge in [-0.1, -0.05) is 72.8 Å². The predicted molar refractivity (Wildman–Crippen MR) is 133 cm³/mol. The maximum Gasteiger partial charge on any atom is 0.250 e. The van der Waals surface area contributed by atoms with Crippen LogP contribution in [0.1, 0.15) is 17.9 Å². The summed E-state index contributed by atoms with van der Waals surface area (Å²) in [5.41, 5.74) is 14.6. The number of nitrogens with two attached hydrogens (primary N) is 2. The number of hydrogen-bond donors (Lipinski definition) is 2. The molecule has 0 saturated carbocycles. The van der Waals surface area contributed by atoms with Gasteiger partial charge in [-0.2, -0.15) is 4.31 Å². The molecule has 1 aliphatic rings. The van der Waals surface area contributed by atoms with E-state index in [1.165, 1.54) is 16.1 Å². The normalized spacial score (nSPS) is 19.9. The highest BCUT2D eigenvalue weighted by atomic mass is 32.2. The minimum atomic E-state index is -3.99. The standard InChI is InChI=1S/C25H27N3O3S2/c26-16-15-23(21-9-5-2-6-10-21)25(24(27)29)28(17-18-32-25)33(30,31)22-13-11-20(12-14-22)19-7-3-1-4-8-19/h1-14,23H,15-18,26H2,(H2,27,29). The van der Waals surface area contributed by atoms with Crippen LogP contribution >= 0.6 is 11.8 Å². The van der Waals surface area contributed by atoms with Crippen molar-refractivity contribution in [1.29, 1.82) is 0 Å². The van der Waals surface area contributed by atoms with E-state index in [2.05, 4.69) is 0 Å². The minimum Gasteiger partial charge on any atom is -0.367 e. The van der Waals surface area contributed by atoms with Crippen LogP contribution in [-0.2, 0) is 14.8 Å². The smallest absolute Gasteiger partial charge is 0.250 e. The summed E-state index contributed by atoms with van der Waals surface area (Å²) in [7, 11) is -3.99. The van der Waals surface area contributed by atoms with Gasteiger partial charge in [0.15, 0.2) is 4.87 Å². The third-order valence-electron chi connectivity index (χ3n) is 6.02. The number of amides is 1. The molecule has 1 saturated heterocycles. The topological polar surface area (TPSA) is 106 Å². The van der Waals surface area contributed by atoms with Gasteiger partial charge in [0.2, 0.25) is 15.9 Å². The Kier molecular flexibility index (Phi) is 6.90. The van der Waals surface area contributed by atoms with Crippen molar-refractivity contribution < 1.29 is 13.2 Å². The molecule has 0 bridgehead atoms. The van der Waals surface area contributed by atoms with Crippen molar-refractivity contribution in [2.24, 2.45) is 11.5 Å². The molecule has 0 aliphatic carbocycles. The Bertz CT molecular complexity index is 1200. The lowest BCUT2D eigenvalue weighted by Gasteiger charge is -2.40. The lowest BCUT2D eigenvalue weighted by molar-refractivity contribution is -0.123. The Morgan fingerprint density at radius 3 is 2.09 bits per heavy atom. The van der Waals surface area contributed by atoms with Crippen LogP contribution in [0.15, 0.2) is 89.8 Å². The summed E-state index contributed by atoms with van der Waals surface area (Å²) in [5, 5.41) is 0. The Morgan fingerprint density at radius 2 is 1.52 bits per heavy atom. The highest BCUT2D eigenvalue weighted by Gasteiger charge is 2.57. The number of hydrogen-bond acceptors (Lipinski definition) is 5. The van der Waals surface area contributed by atoms with Crippen molar-refractivity contribution in [2.75, 3.05) is 18.8 Å². The first-order valence-electron chi connectivity index (χ1n) is 10.8. The van der Waals surface area contributed by atoms with Gasteiger partial charge >= 0.3 is 0 Å². The number of sulfonamides is 1. The molecular weight excluding hydrogens is 454 g/mol. The monoisotopic (exact) mass is 481 g/mol. The molecule has 8 heteroatoms. The van der Waals surface area contributed by atoms with E-state index in [1.807, 2.05) is 60.7 Å². The lowest BCUT2D eigenvalue weighted by Crippen LogP contribution is -2.58. The third-order valence-corrected chi connectivity index (χ3v) is 9.59. The molecule has 2 atom stereocenters. The van der Waals surface area contributed by atoms with E-state index < -0.39 is 26.7 Å². The molecule has 3 aromatic rings. The molecule has 6 nitrogen and oxygen atoms in total. The molecule has 33 heavy (non-hydrogen) atoms. The first-order chi connectivity index (χ1) is 15.9. The molecule has 0 radical (unpaired) electrons. The van der Waals surface area contributed by atoms with Gasteiger partial charge in [0, 0.05) is 18.2 Å². The number of benzene rings is 3. The van der Waals surface area contributed by atoms with Crippen molar-refractivity contribution >= 4 is 27.7 Å². The average Bonchev–Trinajstić information content (AvgIpc) is 3.31. The van der Waals surface area contributed by atoms with E-state index in [9.17, 15) is 13.2 Å². The Morgan fingerprint density at radius 1 is 0.939 bits per heavy atom. The second kappa shape index (κ2) is 9.69. The number of nitrogens with zero attached hydrogens (tertiary/aromatic N) is 1. The zero-order valence-corrected chi connectivity index (χ0v) is 19.8. The van der Waals surface area contributed by atoms with Gasteiger partial charge in [0.1, 0.15) is 0 Å². The SMILES string of the molecule is NCCC(c1ccccc1)C1(C(N)=O)SCCN1S(=O)(=O)c1ccc(-c2ccccc2)cc1. The first kappa shape index (κ1) is 23.5. The fraction of sp³-hybridized carbons (Fsp3) is 0.240. The van der Waals surface area contributed by atoms with E-state index in [0.29, 0.717) is 18.7 Å². The van der Waals surface area contributed by atoms with E-state index in [4.69, 9.17) is 11.5 Å². The van der Waals surface area contributed by atoms with Crippen LogP contribution in [0.2, 0.25) is 0 Å². The summed E-state index contributed by atoms with van der Waals surface area (Å²) < 4.78 is 28.9. The van der Waals surface area contributed by atoms with Crippen LogP contribution in [0.5, 0.6) is 0 Å². The molecule has 4 rings (SSSR count). The van der Waals surface area contributed by atoms with Crippen molar-refractivity contribution in [2.45, 2.75) is 22.1 Å². The number of thioether (sulfide) groups is 1. The van der Waals surface area contributed by atoms with Crippen molar-refractivity contribution in [1.82, 2.24) is 4.31 Å². The quantitative estimate of drug-likeness (QED) is 0.513. The van der Waals surface area contributed by atoms with E-state index in [0.717, 1.165) is 16.7 Å². The molecule has 1 fully saturated rings. The number of rotatable bonds is 8. The highest BCUT2D eigenvalue weighted by Crippen LogP contribution is 2.50. The third kappa shape index (κ3) is 4.31. The van der Waals surface area contributed by atoms with Crippen LogP contribution in [0.4, 0.5) is 0 Å². The van der Waals surface area contributed by atoms with Crippen molar-refractivity contribution in [3.8, 4) is 11.1 Å². The van der Waals surface area contributed by atoms with Crippen LogP contribution in [-0.4, -0.2) is 42.3 Å². The second-order valence-electron chi connectivity index (χ2n) is 7.92. The Labute approximate surface area is 199 Å². The lowest BCUT2D eigenvalue weighted by atomic mass is 9.87. The van der Waals surface area contributed by atoms with E-state index >= 15 is 0 Å². The molecule has 0 aromatic heterocycles. The van der Waals surface area contributed by atoms with E-state index in [1.54, 1.807) is 24.3 Å². The van der Waals surface area contributed by atoms with Gasteiger partial charge in [-0.3, -0.25) is 4.79 Å². The highest BCUT2D eigenvalue weighted by molar-refractivity contribution is 8.02. The van der Waals surface area contributed by atoms with Crippen LogP contribution in [0.3, 0.4) is 0 Å². The van der Waals surface area contributed by atoms with Crippen LogP contribution in [0.25, 0.3) is 11.1 Å². The van der Waals surface area contributed by atoms with E-state index in [-0.39, 0.29) is 11.4 Å². The largest absolute Gasteiger partial charge is 0.367 e. The Hall–Kier alpha value is -2.65. The predicted octanol–water partition coefficient (Wildman–Crippen LogP) is 3.41. The molecule has 1 heterocycles. The maximum absolute atomic E-state index is 13.8. The molecule has 172 valence electrons. The van der Waals surface area contributed by atoms with Gasteiger partial charge in [-0.25, -0.2) is 8.42 Å². The molecular formula is C25H27N3O3S2. The summed E-state index contributed by atoms with van der Waals surface area (Å²) in [5.74, 6) is -0.665. The van der Waals surface area contributed by atoms with Gasteiger partial charge in [0.25, 0.3) is 0 Å². The fourth-order valence-electron chi connectivity index (χ4n) is 4.48. The molecule has 1 aliphatic heterocycles. The molecule has 4 N–H and O–H groups in total. The zero-order valence-electron chi connectivity index (χ0n) is 18.1.